The molecule has 2 nitrogen and oxygen atoms in total. The highest BCUT2D eigenvalue weighted by Gasteiger charge is 2.64. The minimum atomic E-state index is -0.134. The van der Waals surface area contributed by atoms with E-state index in [-0.39, 0.29) is 17.5 Å². The van der Waals surface area contributed by atoms with Crippen LogP contribution in [0.2, 0.25) is 0 Å². The molecule has 172 valence electrons. The SMILES string of the molecule is C=C(C)C12CC=CCC1CC1CC(C3(C)CCC(OC(C)=O)C/C3=C/CC)CCC12C. The summed E-state index contributed by atoms with van der Waals surface area (Å²) in [4.78, 5) is 11.6. The Bertz CT molecular complexity index is 791. The molecule has 3 saturated carbocycles. The molecule has 0 amide bonds. The van der Waals surface area contributed by atoms with Gasteiger partial charge >= 0.3 is 5.97 Å². The summed E-state index contributed by atoms with van der Waals surface area (Å²) in [7, 11) is 0. The second kappa shape index (κ2) is 8.23. The first-order valence-electron chi connectivity index (χ1n) is 12.8. The summed E-state index contributed by atoms with van der Waals surface area (Å²) in [5.74, 6) is 2.20. The van der Waals surface area contributed by atoms with E-state index in [2.05, 4.69) is 52.5 Å². The average Bonchev–Trinajstić information content (AvgIpc) is 2.99. The monoisotopic (exact) mass is 424 g/mol. The van der Waals surface area contributed by atoms with Crippen LogP contribution in [0.4, 0.5) is 0 Å². The van der Waals surface area contributed by atoms with Gasteiger partial charge in [-0.2, -0.15) is 0 Å². The maximum atomic E-state index is 11.6. The maximum absolute atomic E-state index is 11.6. The minimum Gasteiger partial charge on any atom is -0.462 e. The van der Waals surface area contributed by atoms with Crippen molar-refractivity contribution in [2.45, 2.75) is 105 Å². The van der Waals surface area contributed by atoms with Crippen LogP contribution in [0.5, 0.6) is 0 Å². The van der Waals surface area contributed by atoms with Gasteiger partial charge in [-0.25, -0.2) is 0 Å². The van der Waals surface area contributed by atoms with Crippen LogP contribution in [0, 0.1) is 34.0 Å². The van der Waals surface area contributed by atoms with E-state index in [4.69, 9.17) is 4.74 Å². The topological polar surface area (TPSA) is 26.3 Å². The lowest BCUT2D eigenvalue weighted by Gasteiger charge is -2.56. The van der Waals surface area contributed by atoms with Crippen LogP contribution < -0.4 is 0 Å². The fourth-order valence-corrected chi connectivity index (χ4v) is 8.74. The molecule has 0 spiro atoms. The molecule has 7 atom stereocenters. The lowest BCUT2D eigenvalue weighted by Crippen LogP contribution is -2.48. The van der Waals surface area contributed by atoms with E-state index in [1.807, 2.05) is 0 Å². The van der Waals surface area contributed by atoms with E-state index in [1.54, 1.807) is 12.5 Å². The number of fused-ring (bicyclic) bond motifs is 3. The van der Waals surface area contributed by atoms with Gasteiger partial charge in [0, 0.05) is 18.8 Å². The van der Waals surface area contributed by atoms with Crippen LogP contribution in [0.25, 0.3) is 0 Å². The predicted molar refractivity (Wildman–Crippen MR) is 129 cm³/mol. The largest absolute Gasteiger partial charge is 0.462 e. The summed E-state index contributed by atoms with van der Waals surface area (Å²) < 4.78 is 5.64. The van der Waals surface area contributed by atoms with E-state index in [0.717, 1.165) is 43.4 Å². The summed E-state index contributed by atoms with van der Waals surface area (Å²) >= 11 is 0. The average molecular weight is 425 g/mol. The molecule has 0 aromatic rings. The van der Waals surface area contributed by atoms with Crippen molar-refractivity contribution in [3.05, 3.63) is 36.0 Å². The van der Waals surface area contributed by atoms with E-state index in [0.29, 0.717) is 10.8 Å². The van der Waals surface area contributed by atoms with Gasteiger partial charge in [0.15, 0.2) is 0 Å². The second-order valence-corrected chi connectivity index (χ2v) is 11.7. The number of carbonyl (C=O) groups is 1. The molecule has 0 aliphatic heterocycles. The fourth-order valence-electron chi connectivity index (χ4n) is 8.74. The van der Waals surface area contributed by atoms with Crippen LogP contribution in [-0.2, 0) is 9.53 Å². The molecule has 2 heteroatoms. The summed E-state index contributed by atoms with van der Waals surface area (Å²) in [6, 6.07) is 0. The minimum absolute atomic E-state index is 0.0735. The van der Waals surface area contributed by atoms with Gasteiger partial charge in [-0.1, -0.05) is 56.7 Å². The van der Waals surface area contributed by atoms with Crippen molar-refractivity contribution in [3.63, 3.8) is 0 Å². The standard InChI is InChI=1S/C29H44O2/c1-7-10-22-19-26(31-21(4)30)13-15-27(22,5)23-12-16-28(6)25(17-23)18-24-11-8-9-14-29(24,28)20(2)3/h8-10,23-26H,2,7,11-19H2,1,3-6H3/b22-10-. The quantitative estimate of drug-likeness (QED) is 0.340. The predicted octanol–water partition coefficient (Wildman–Crippen LogP) is 7.80. The molecule has 0 bridgehead atoms. The first-order chi connectivity index (χ1) is 14.7. The Kier molecular flexibility index (Phi) is 6.07. The van der Waals surface area contributed by atoms with Crippen molar-refractivity contribution in [1.29, 1.82) is 0 Å². The Balaban J connectivity index is 1.58. The number of carbonyl (C=O) groups excluding carboxylic acids is 1. The Morgan fingerprint density at radius 2 is 1.87 bits per heavy atom. The normalized spacial score (nSPS) is 45.8. The van der Waals surface area contributed by atoms with Gasteiger partial charge in [0.05, 0.1) is 0 Å². The lowest BCUT2D eigenvalue weighted by atomic mass is 9.48. The first-order valence-corrected chi connectivity index (χ1v) is 12.8. The van der Waals surface area contributed by atoms with Crippen LogP contribution in [0.1, 0.15) is 98.8 Å². The van der Waals surface area contributed by atoms with E-state index in [1.165, 1.54) is 44.1 Å². The Labute approximate surface area is 190 Å². The Hall–Kier alpha value is -1.31. The maximum Gasteiger partial charge on any atom is 0.302 e. The molecule has 0 N–H and O–H groups in total. The number of allylic oxidation sites excluding steroid dienone is 4. The molecule has 0 saturated heterocycles. The first kappa shape index (κ1) is 22.9. The van der Waals surface area contributed by atoms with Crippen molar-refractivity contribution >= 4 is 5.97 Å². The van der Waals surface area contributed by atoms with Crippen molar-refractivity contribution < 1.29 is 9.53 Å². The molecule has 0 radical (unpaired) electrons. The highest BCUT2D eigenvalue weighted by molar-refractivity contribution is 5.66. The number of hydrogen-bond acceptors (Lipinski definition) is 2. The molecule has 4 aliphatic rings. The zero-order valence-electron chi connectivity index (χ0n) is 20.6. The van der Waals surface area contributed by atoms with Gasteiger partial charge in [-0.3, -0.25) is 4.79 Å². The zero-order valence-corrected chi connectivity index (χ0v) is 20.6. The summed E-state index contributed by atoms with van der Waals surface area (Å²) in [5.41, 5.74) is 3.96. The third-order valence-corrected chi connectivity index (χ3v) is 10.4. The molecular formula is C29H44O2. The number of ether oxygens (including phenoxy) is 1. The van der Waals surface area contributed by atoms with Crippen LogP contribution >= 0.6 is 0 Å². The highest BCUT2D eigenvalue weighted by atomic mass is 16.5. The number of esters is 1. The van der Waals surface area contributed by atoms with Crippen LogP contribution in [-0.4, -0.2) is 12.1 Å². The van der Waals surface area contributed by atoms with Crippen LogP contribution in [0.3, 0.4) is 0 Å². The third-order valence-electron chi connectivity index (χ3n) is 10.4. The zero-order chi connectivity index (χ0) is 22.4. The third kappa shape index (κ3) is 3.47. The molecule has 0 aromatic heterocycles. The second-order valence-electron chi connectivity index (χ2n) is 11.7. The Morgan fingerprint density at radius 3 is 2.55 bits per heavy atom. The smallest absolute Gasteiger partial charge is 0.302 e. The number of hydrogen-bond donors (Lipinski definition) is 0. The lowest BCUT2D eigenvalue weighted by molar-refractivity contribution is -0.148. The van der Waals surface area contributed by atoms with E-state index >= 15 is 0 Å². The molecule has 3 fully saturated rings. The molecule has 7 unspecified atom stereocenters. The molecule has 31 heavy (non-hydrogen) atoms. The molecule has 0 heterocycles. The van der Waals surface area contributed by atoms with Crippen LogP contribution in [0.15, 0.2) is 36.0 Å². The van der Waals surface area contributed by atoms with Crippen molar-refractivity contribution in [2.24, 2.45) is 34.0 Å². The van der Waals surface area contributed by atoms with Gasteiger partial charge in [0.2, 0.25) is 0 Å². The van der Waals surface area contributed by atoms with Gasteiger partial charge in [0.1, 0.15) is 6.10 Å². The molecule has 4 rings (SSSR count). The summed E-state index contributed by atoms with van der Waals surface area (Å²) in [5, 5.41) is 0. The van der Waals surface area contributed by atoms with Crippen molar-refractivity contribution in [2.75, 3.05) is 0 Å². The van der Waals surface area contributed by atoms with Crippen molar-refractivity contribution in [1.82, 2.24) is 0 Å². The summed E-state index contributed by atoms with van der Waals surface area (Å²) in [6.07, 6.45) is 19.4. The highest BCUT2D eigenvalue weighted by Crippen LogP contribution is 2.72. The molecule has 4 aliphatic carbocycles. The molecular weight excluding hydrogens is 380 g/mol. The summed E-state index contributed by atoms with van der Waals surface area (Å²) in [6.45, 7) is 15.8. The van der Waals surface area contributed by atoms with Gasteiger partial charge in [0.25, 0.3) is 0 Å². The van der Waals surface area contributed by atoms with Gasteiger partial charge < -0.3 is 4.74 Å². The van der Waals surface area contributed by atoms with Gasteiger partial charge in [-0.15, -0.1) is 0 Å². The van der Waals surface area contributed by atoms with Crippen molar-refractivity contribution in [3.8, 4) is 0 Å². The Morgan fingerprint density at radius 1 is 1.13 bits per heavy atom. The molecule has 0 aromatic carbocycles. The fraction of sp³-hybridized carbons (Fsp3) is 0.759. The number of rotatable bonds is 4. The van der Waals surface area contributed by atoms with E-state index in [9.17, 15) is 4.79 Å². The van der Waals surface area contributed by atoms with Gasteiger partial charge in [-0.05, 0) is 93.3 Å². The van der Waals surface area contributed by atoms with E-state index < -0.39 is 0 Å².